The van der Waals surface area contributed by atoms with Gasteiger partial charge in [-0.15, -0.1) is 5.10 Å². The van der Waals surface area contributed by atoms with Crippen molar-refractivity contribution in [2.75, 3.05) is 6.54 Å². The predicted molar refractivity (Wildman–Crippen MR) is 66.8 cm³/mol. The molecule has 6 nitrogen and oxygen atoms in total. The van der Waals surface area contributed by atoms with E-state index in [9.17, 15) is 4.79 Å². The van der Waals surface area contributed by atoms with Crippen molar-refractivity contribution < 1.29 is 4.79 Å². The maximum atomic E-state index is 12.3. The molecule has 0 bridgehead atoms. The second-order valence-electron chi connectivity index (χ2n) is 4.21. The average molecular weight is 247 g/mol. The molecule has 2 aromatic rings. The third-order valence-electron chi connectivity index (χ3n) is 2.83. The van der Waals surface area contributed by atoms with Crippen LogP contribution in [0.5, 0.6) is 0 Å². The van der Waals surface area contributed by atoms with Crippen LogP contribution in [0.2, 0.25) is 0 Å². The van der Waals surface area contributed by atoms with Crippen LogP contribution in [0.1, 0.15) is 23.1 Å². The van der Waals surface area contributed by atoms with Gasteiger partial charge in [0.2, 0.25) is 0 Å². The molecule has 0 aliphatic heterocycles. The summed E-state index contributed by atoms with van der Waals surface area (Å²) in [4.78, 5) is 14.1. The molecule has 0 N–H and O–H groups in total. The Kier molecular flexibility index (Phi) is 3.45. The van der Waals surface area contributed by atoms with E-state index in [1.165, 1.54) is 0 Å². The summed E-state index contributed by atoms with van der Waals surface area (Å²) >= 11 is 0. The number of rotatable bonds is 4. The van der Waals surface area contributed by atoms with Crippen LogP contribution >= 0.6 is 0 Å². The van der Waals surface area contributed by atoms with Gasteiger partial charge in [0.05, 0.1) is 6.54 Å². The first kappa shape index (κ1) is 12.3. The molecular formula is C12H17N5O. The molecule has 0 aromatic carbocycles. The first-order valence-corrected chi connectivity index (χ1v) is 5.87. The van der Waals surface area contributed by atoms with Gasteiger partial charge in [0, 0.05) is 33.0 Å². The molecule has 0 aliphatic rings. The Hall–Kier alpha value is -2.11. The van der Waals surface area contributed by atoms with E-state index in [1.54, 1.807) is 9.58 Å². The molecule has 0 fully saturated rings. The molecular weight excluding hydrogens is 230 g/mol. The fraction of sp³-hybridized carbons (Fsp3) is 0.417. The van der Waals surface area contributed by atoms with E-state index in [0.717, 1.165) is 5.69 Å². The molecule has 2 aromatic heterocycles. The molecule has 0 aliphatic carbocycles. The molecule has 96 valence electrons. The predicted octanol–water partition coefficient (Wildman–Crippen LogP) is 0.816. The standard InChI is InChI=1S/C12H17N5O/c1-4-17(9-10-8-16(3)14-13-10)12(18)11-6-5-7-15(11)2/h5-8H,4,9H2,1-3H3. The molecule has 18 heavy (non-hydrogen) atoms. The van der Waals surface area contributed by atoms with Gasteiger partial charge < -0.3 is 9.47 Å². The van der Waals surface area contributed by atoms with E-state index in [0.29, 0.717) is 18.8 Å². The molecule has 2 heterocycles. The summed E-state index contributed by atoms with van der Waals surface area (Å²) < 4.78 is 3.46. The molecule has 0 unspecified atom stereocenters. The van der Waals surface area contributed by atoms with Crippen molar-refractivity contribution >= 4 is 5.91 Å². The van der Waals surface area contributed by atoms with Crippen LogP contribution in [0.25, 0.3) is 0 Å². The summed E-state index contributed by atoms with van der Waals surface area (Å²) in [6, 6.07) is 3.69. The lowest BCUT2D eigenvalue weighted by Crippen LogP contribution is -2.31. The number of hydrogen-bond acceptors (Lipinski definition) is 3. The molecule has 0 saturated carbocycles. The third-order valence-corrected chi connectivity index (χ3v) is 2.83. The number of aryl methyl sites for hydroxylation is 2. The lowest BCUT2D eigenvalue weighted by atomic mass is 10.3. The van der Waals surface area contributed by atoms with E-state index in [-0.39, 0.29) is 5.91 Å². The quantitative estimate of drug-likeness (QED) is 0.803. The van der Waals surface area contributed by atoms with Crippen LogP contribution in [0, 0.1) is 0 Å². The van der Waals surface area contributed by atoms with Crippen molar-refractivity contribution in [3.05, 3.63) is 35.9 Å². The van der Waals surface area contributed by atoms with Crippen molar-refractivity contribution in [2.45, 2.75) is 13.5 Å². The second kappa shape index (κ2) is 5.03. The van der Waals surface area contributed by atoms with Crippen molar-refractivity contribution in [3.8, 4) is 0 Å². The Labute approximate surface area is 106 Å². The molecule has 0 saturated heterocycles. The summed E-state index contributed by atoms with van der Waals surface area (Å²) in [5, 5.41) is 7.87. The van der Waals surface area contributed by atoms with Gasteiger partial charge in [0.1, 0.15) is 11.4 Å². The van der Waals surface area contributed by atoms with Gasteiger partial charge in [-0.2, -0.15) is 0 Å². The fourth-order valence-electron chi connectivity index (χ4n) is 1.84. The smallest absolute Gasteiger partial charge is 0.270 e. The van der Waals surface area contributed by atoms with Crippen molar-refractivity contribution in [3.63, 3.8) is 0 Å². The van der Waals surface area contributed by atoms with E-state index >= 15 is 0 Å². The van der Waals surface area contributed by atoms with Crippen LogP contribution in [0.3, 0.4) is 0 Å². The van der Waals surface area contributed by atoms with Gasteiger partial charge in [0.25, 0.3) is 5.91 Å². The molecule has 0 atom stereocenters. The Morgan fingerprint density at radius 2 is 2.22 bits per heavy atom. The molecule has 6 heteroatoms. The van der Waals surface area contributed by atoms with Crippen molar-refractivity contribution in [2.24, 2.45) is 14.1 Å². The highest BCUT2D eigenvalue weighted by molar-refractivity contribution is 5.92. The van der Waals surface area contributed by atoms with E-state index < -0.39 is 0 Å². The minimum Gasteiger partial charge on any atom is -0.347 e. The number of hydrogen-bond donors (Lipinski definition) is 0. The van der Waals surface area contributed by atoms with Crippen LogP contribution in [0.15, 0.2) is 24.5 Å². The van der Waals surface area contributed by atoms with Crippen molar-refractivity contribution in [1.29, 1.82) is 0 Å². The molecule has 0 radical (unpaired) electrons. The third kappa shape index (κ3) is 2.42. The minimum absolute atomic E-state index is 0.00986. The summed E-state index contributed by atoms with van der Waals surface area (Å²) in [6.07, 6.45) is 3.68. The van der Waals surface area contributed by atoms with E-state index in [4.69, 9.17) is 0 Å². The Morgan fingerprint density at radius 1 is 1.44 bits per heavy atom. The average Bonchev–Trinajstić information content (AvgIpc) is 2.94. The van der Waals surface area contributed by atoms with Gasteiger partial charge in [-0.05, 0) is 19.1 Å². The van der Waals surface area contributed by atoms with E-state index in [1.807, 2.05) is 50.1 Å². The number of amides is 1. The monoisotopic (exact) mass is 247 g/mol. The lowest BCUT2D eigenvalue weighted by Gasteiger charge is -2.19. The number of nitrogens with zero attached hydrogens (tertiary/aromatic N) is 5. The molecule has 2 rings (SSSR count). The zero-order valence-corrected chi connectivity index (χ0v) is 10.9. The topological polar surface area (TPSA) is 56.0 Å². The fourth-order valence-corrected chi connectivity index (χ4v) is 1.84. The van der Waals surface area contributed by atoms with Crippen molar-refractivity contribution in [1.82, 2.24) is 24.5 Å². The first-order valence-electron chi connectivity index (χ1n) is 5.87. The minimum atomic E-state index is 0.00986. The number of carbonyl (C=O) groups is 1. The molecule has 0 spiro atoms. The summed E-state index contributed by atoms with van der Waals surface area (Å²) in [5.41, 5.74) is 1.47. The zero-order chi connectivity index (χ0) is 13.1. The highest BCUT2D eigenvalue weighted by Gasteiger charge is 2.17. The summed E-state index contributed by atoms with van der Waals surface area (Å²) in [5.74, 6) is 0.00986. The van der Waals surface area contributed by atoms with Gasteiger partial charge >= 0.3 is 0 Å². The lowest BCUT2D eigenvalue weighted by molar-refractivity contribution is 0.0741. The maximum absolute atomic E-state index is 12.3. The van der Waals surface area contributed by atoms with Crippen LogP contribution in [-0.4, -0.2) is 36.9 Å². The highest BCUT2D eigenvalue weighted by atomic mass is 16.2. The number of carbonyl (C=O) groups excluding carboxylic acids is 1. The second-order valence-corrected chi connectivity index (χ2v) is 4.21. The van der Waals surface area contributed by atoms with Crippen LogP contribution in [0.4, 0.5) is 0 Å². The van der Waals surface area contributed by atoms with Crippen LogP contribution in [-0.2, 0) is 20.6 Å². The molecule has 1 amide bonds. The number of aromatic nitrogens is 4. The Morgan fingerprint density at radius 3 is 2.72 bits per heavy atom. The SMILES string of the molecule is CCN(Cc1cn(C)nn1)C(=O)c1cccn1C. The highest BCUT2D eigenvalue weighted by Crippen LogP contribution is 2.08. The summed E-state index contributed by atoms with van der Waals surface area (Å²) in [6.45, 7) is 3.08. The maximum Gasteiger partial charge on any atom is 0.270 e. The normalized spacial score (nSPS) is 10.6. The van der Waals surface area contributed by atoms with Gasteiger partial charge in [-0.1, -0.05) is 5.21 Å². The van der Waals surface area contributed by atoms with Crippen LogP contribution < -0.4 is 0 Å². The largest absolute Gasteiger partial charge is 0.347 e. The van der Waals surface area contributed by atoms with Gasteiger partial charge in [-0.3, -0.25) is 9.48 Å². The Bertz CT molecular complexity index is 542. The van der Waals surface area contributed by atoms with Gasteiger partial charge in [-0.25, -0.2) is 0 Å². The Balaban J connectivity index is 2.14. The first-order chi connectivity index (χ1) is 8.61. The van der Waals surface area contributed by atoms with E-state index in [2.05, 4.69) is 10.3 Å². The van der Waals surface area contributed by atoms with Gasteiger partial charge in [0.15, 0.2) is 0 Å². The summed E-state index contributed by atoms with van der Waals surface area (Å²) in [7, 11) is 3.68. The zero-order valence-electron chi connectivity index (χ0n) is 10.9.